The van der Waals surface area contributed by atoms with E-state index in [1.54, 1.807) is 12.3 Å². The van der Waals surface area contributed by atoms with E-state index in [4.69, 9.17) is 16.0 Å². The van der Waals surface area contributed by atoms with Crippen LogP contribution in [0, 0.1) is 0 Å². The molecule has 1 N–H and O–H groups in total. The number of carbonyl (C=O) groups excluding carboxylic acids is 1. The van der Waals surface area contributed by atoms with Crippen LogP contribution >= 0.6 is 23.4 Å². The van der Waals surface area contributed by atoms with Gasteiger partial charge in [-0.05, 0) is 36.2 Å². The normalized spacial score (nSPS) is 10.8. The quantitative estimate of drug-likeness (QED) is 0.641. The minimum atomic E-state index is -0.0467. The van der Waals surface area contributed by atoms with Gasteiger partial charge < -0.3 is 14.3 Å². The Morgan fingerprint density at radius 2 is 2.20 bits per heavy atom. The minimum Gasteiger partial charge on any atom is -0.461 e. The highest BCUT2D eigenvalue weighted by Crippen LogP contribution is 2.22. The average Bonchev–Trinajstić information content (AvgIpc) is 3.23. The van der Waals surface area contributed by atoms with E-state index in [2.05, 4.69) is 15.5 Å². The number of amides is 1. The summed E-state index contributed by atoms with van der Waals surface area (Å²) in [7, 11) is 1.84. The fourth-order valence-electron chi connectivity index (χ4n) is 2.28. The Hall–Kier alpha value is -2.25. The van der Waals surface area contributed by atoms with Gasteiger partial charge in [0, 0.05) is 18.6 Å². The SMILES string of the molecule is Cn1c(SCC(=O)NCCc2cccc(Cl)c2)nnc1-c1ccco1. The minimum absolute atomic E-state index is 0.0467. The lowest BCUT2D eigenvalue weighted by Crippen LogP contribution is -2.27. The number of hydrogen-bond donors (Lipinski definition) is 1. The molecule has 1 amide bonds. The van der Waals surface area contributed by atoms with Gasteiger partial charge in [0.25, 0.3) is 0 Å². The standard InChI is InChI=1S/C17H17ClN4O2S/c1-22-16(14-6-3-9-24-14)20-21-17(22)25-11-15(23)19-8-7-12-4-2-5-13(18)10-12/h2-6,9-10H,7-8,11H2,1H3,(H,19,23). The van der Waals surface area contributed by atoms with E-state index in [0.717, 1.165) is 12.0 Å². The van der Waals surface area contributed by atoms with Crippen molar-refractivity contribution in [1.82, 2.24) is 20.1 Å². The number of hydrogen-bond acceptors (Lipinski definition) is 5. The van der Waals surface area contributed by atoms with Crippen LogP contribution in [0.5, 0.6) is 0 Å². The van der Waals surface area contributed by atoms with Crippen LogP contribution in [-0.2, 0) is 18.3 Å². The highest BCUT2D eigenvalue weighted by atomic mass is 35.5. The van der Waals surface area contributed by atoms with Crippen molar-refractivity contribution in [3.05, 3.63) is 53.2 Å². The summed E-state index contributed by atoms with van der Waals surface area (Å²) in [6, 6.07) is 11.2. The second-order valence-corrected chi connectivity index (χ2v) is 6.74. The molecule has 130 valence electrons. The molecule has 0 aliphatic rings. The summed E-state index contributed by atoms with van der Waals surface area (Å²) >= 11 is 7.28. The third-order valence-corrected chi connectivity index (χ3v) is 4.79. The Labute approximate surface area is 154 Å². The number of thioether (sulfide) groups is 1. The number of carbonyl (C=O) groups is 1. The van der Waals surface area contributed by atoms with Crippen molar-refractivity contribution in [1.29, 1.82) is 0 Å². The first-order chi connectivity index (χ1) is 12.1. The molecule has 0 atom stereocenters. The fourth-order valence-corrected chi connectivity index (χ4v) is 3.23. The molecule has 0 radical (unpaired) electrons. The first kappa shape index (κ1) is 17.6. The molecule has 1 aromatic carbocycles. The molecular weight excluding hydrogens is 360 g/mol. The number of halogens is 1. The van der Waals surface area contributed by atoms with Gasteiger partial charge in [0.05, 0.1) is 12.0 Å². The molecule has 0 unspecified atom stereocenters. The van der Waals surface area contributed by atoms with Gasteiger partial charge in [-0.3, -0.25) is 4.79 Å². The van der Waals surface area contributed by atoms with Gasteiger partial charge in [-0.15, -0.1) is 10.2 Å². The molecule has 0 aliphatic carbocycles. The molecule has 0 aliphatic heterocycles. The molecule has 0 saturated heterocycles. The summed E-state index contributed by atoms with van der Waals surface area (Å²) in [5, 5.41) is 12.5. The average molecular weight is 377 g/mol. The monoisotopic (exact) mass is 376 g/mol. The van der Waals surface area contributed by atoms with E-state index < -0.39 is 0 Å². The lowest BCUT2D eigenvalue weighted by molar-refractivity contribution is -0.118. The highest BCUT2D eigenvalue weighted by Gasteiger charge is 2.14. The molecule has 8 heteroatoms. The Kier molecular flexibility index (Phi) is 5.78. The zero-order valence-electron chi connectivity index (χ0n) is 13.6. The van der Waals surface area contributed by atoms with Crippen LogP contribution < -0.4 is 5.32 Å². The largest absolute Gasteiger partial charge is 0.461 e. The molecule has 0 fully saturated rings. The van der Waals surface area contributed by atoms with Gasteiger partial charge in [-0.2, -0.15) is 0 Å². The molecule has 2 heterocycles. The van der Waals surface area contributed by atoms with Gasteiger partial charge in [0.2, 0.25) is 5.91 Å². The van der Waals surface area contributed by atoms with E-state index in [9.17, 15) is 4.79 Å². The Balaban J connectivity index is 1.46. The Bertz CT molecular complexity index is 848. The maximum absolute atomic E-state index is 12.0. The maximum Gasteiger partial charge on any atom is 0.230 e. The lowest BCUT2D eigenvalue weighted by atomic mass is 10.1. The van der Waals surface area contributed by atoms with Crippen LogP contribution in [-0.4, -0.2) is 33.0 Å². The maximum atomic E-state index is 12.0. The predicted molar refractivity (Wildman–Crippen MR) is 97.6 cm³/mol. The van der Waals surface area contributed by atoms with Gasteiger partial charge in [-0.25, -0.2) is 0 Å². The summed E-state index contributed by atoms with van der Waals surface area (Å²) in [5.74, 6) is 1.51. The number of nitrogens with zero attached hydrogens (tertiary/aromatic N) is 3. The first-order valence-electron chi connectivity index (χ1n) is 7.70. The van der Waals surface area contributed by atoms with Crippen molar-refractivity contribution in [3.8, 4) is 11.6 Å². The molecule has 6 nitrogen and oxygen atoms in total. The number of rotatable bonds is 7. The van der Waals surface area contributed by atoms with E-state index in [1.165, 1.54) is 11.8 Å². The molecule has 25 heavy (non-hydrogen) atoms. The predicted octanol–water partition coefficient (Wildman–Crippen LogP) is 3.18. The van der Waals surface area contributed by atoms with Crippen molar-refractivity contribution in [2.45, 2.75) is 11.6 Å². The molecule has 0 saturated carbocycles. The summed E-state index contributed by atoms with van der Waals surface area (Å²) in [6.07, 6.45) is 2.33. The van der Waals surface area contributed by atoms with E-state index in [0.29, 0.717) is 28.3 Å². The molecule has 3 rings (SSSR count). The summed E-state index contributed by atoms with van der Waals surface area (Å²) in [6.45, 7) is 0.566. The third kappa shape index (κ3) is 4.64. The van der Waals surface area contributed by atoms with Crippen LogP contribution in [0.2, 0.25) is 5.02 Å². The van der Waals surface area contributed by atoms with Gasteiger partial charge in [-0.1, -0.05) is 35.5 Å². The molecule has 0 spiro atoms. The van der Waals surface area contributed by atoms with Gasteiger partial charge in [0.1, 0.15) is 0 Å². The fraction of sp³-hybridized carbons (Fsp3) is 0.235. The lowest BCUT2D eigenvalue weighted by Gasteiger charge is -2.06. The van der Waals surface area contributed by atoms with Gasteiger partial charge in [0.15, 0.2) is 16.7 Å². The highest BCUT2D eigenvalue weighted by molar-refractivity contribution is 7.99. The second-order valence-electron chi connectivity index (χ2n) is 5.36. The van der Waals surface area contributed by atoms with E-state index >= 15 is 0 Å². The Morgan fingerprint density at radius 1 is 1.32 bits per heavy atom. The molecule has 3 aromatic rings. The first-order valence-corrected chi connectivity index (χ1v) is 9.07. The van der Waals surface area contributed by atoms with Crippen LogP contribution in [0.3, 0.4) is 0 Å². The molecule has 0 bridgehead atoms. The van der Waals surface area contributed by atoms with Crippen LogP contribution in [0.15, 0.2) is 52.2 Å². The zero-order valence-corrected chi connectivity index (χ0v) is 15.2. The summed E-state index contributed by atoms with van der Waals surface area (Å²) in [4.78, 5) is 12.0. The van der Waals surface area contributed by atoms with Crippen LogP contribution in [0.25, 0.3) is 11.6 Å². The summed E-state index contributed by atoms with van der Waals surface area (Å²) < 4.78 is 7.13. The zero-order chi connectivity index (χ0) is 17.6. The Morgan fingerprint density at radius 3 is 2.96 bits per heavy atom. The third-order valence-electron chi connectivity index (χ3n) is 3.53. The second kappa shape index (κ2) is 8.22. The van der Waals surface area contributed by atoms with Crippen molar-refractivity contribution in [3.63, 3.8) is 0 Å². The smallest absolute Gasteiger partial charge is 0.230 e. The number of benzene rings is 1. The van der Waals surface area contributed by atoms with E-state index in [-0.39, 0.29) is 11.7 Å². The van der Waals surface area contributed by atoms with Crippen LogP contribution in [0.1, 0.15) is 5.56 Å². The summed E-state index contributed by atoms with van der Waals surface area (Å²) in [5.41, 5.74) is 1.09. The van der Waals surface area contributed by atoms with Crippen molar-refractivity contribution < 1.29 is 9.21 Å². The van der Waals surface area contributed by atoms with Crippen molar-refractivity contribution >= 4 is 29.3 Å². The van der Waals surface area contributed by atoms with Crippen molar-refractivity contribution in [2.75, 3.05) is 12.3 Å². The van der Waals surface area contributed by atoms with Crippen LogP contribution in [0.4, 0.5) is 0 Å². The number of nitrogens with one attached hydrogen (secondary N) is 1. The molecule has 2 aromatic heterocycles. The van der Waals surface area contributed by atoms with Gasteiger partial charge >= 0.3 is 0 Å². The van der Waals surface area contributed by atoms with E-state index in [1.807, 2.05) is 41.9 Å². The topological polar surface area (TPSA) is 73.0 Å². The number of aromatic nitrogens is 3. The number of furan rings is 1. The molecular formula is C17H17ClN4O2S. The van der Waals surface area contributed by atoms with Crippen molar-refractivity contribution in [2.24, 2.45) is 7.05 Å².